The topological polar surface area (TPSA) is 52.9 Å². The van der Waals surface area contributed by atoms with Crippen molar-refractivity contribution in [2.45, 2.75) is 5.75 Å². The predicted octanol–water partition coefficient (Wildman–Crippen LogP) is 4.58. The van der Waals surface area contributed by atoms with Crippen molar-refractivity contribution in [1.29, 1.82) is 5.26 Å². The molecule has 3 aromatic rings. The average Bonchev–Trinajstić information content (AvgIpc) is 2.62. The van der Waals surface area contributed by atoms with Gasteiger partial charge in [-0.25, -0.2) is 0 Å². The van der Waals surface area contributed by atoms with Gasteiger partial charge in [0.2, 0.25) is 5.91 Å². The van der Waals surface area contributed by atoms with E-state index in [-0.39, 0.29) is 5.91 Å². The van der Waals surface area contributed by atoms with Gasteiger partial charge in [-0.3, -0.25) is 4.79 Å². The van der Waals surface area contributed by atoms with Crippen molar-refractivity contribution < 1.29 is 4.79 Å². The van der Waals surface area contributed by atoms with Gasteiger partial charge in [0, 0.05) is 11.4 Å². The molecule has 0 unspecified atom stereocenters. The molecule has 118 valence electrons. The molecular weight excluding hydrogens is 316 g/mol. The fraction of sp³-hybridized carbons (Fsp3) is 0.100. The standard InChI is InChI=1S/C20H16N2OS/c21-12-15-4-3-7-19(11-15)22-20(23)14-24-13-16-8-9-17-5-1-2-6-18(17)10-16/h1-11H,13-14H2,(H,22,23). The monoisotopic (exact) mass is 332 g/mol. The minimum Gasteiger partial charge on any atom is -0.325 e. The molecule has 0 saturated carbocycles. The van der Waals surface area contributed by atoms with Crippen LogP contribution in [-0.4, -0.2) is 11.7 Å². The number of carbonyl (C=O) groups excluding carboxylic acids is 1. The summed E-state index contributed by atoms with van der Waals surface area (Å²) in [6.45, 7) is 0. The van der Waals surface area contributed by atoms with Crippen molar-refractivity contribution in [1.82, 2.24) is 0 Å². The van der Waals surface area contributed by atoms with Crippen LogP contribution in [0.3, 0.4) is 0 Å². The third-order valence-electron chi connectivity index (χ3n) is 3.59. The zero-order chi connectivity index (χ0) is 16.8. The summed E-state index contributed by atoms with van der Waals surface area (Å²) in [4.78, 5) is 12.0. The Balaban J connectivity index is 1.53. The maximum atomic E-state index is 12.0. The maximum Gasteiger partial charge on any atom is 0.234 e. The van der Waals surface area contributed by atoms with Gasteiger partial charge in [0.05, 0.1) is 17.4 Å². The number of carbonyl (C=O) groups is 1. The molecule has 3 aromatic carbocycles. The van der Waals surface area contributed by atoms with Gasteiger partial charge in [-0.15, -0.1) is 11.8 Å². The molecule has 0 aliphatic rings. The van der Waals surface area contributed by atoms with Crippen LogP contribution in [0.4, 0.5) is 5.69 Å². The van der Waals surface area contributed by atoms with E-state index in [1.54, 1.807) is 36.0 Å². The molecule has 1 N–H and O–H groups in total. The van der Waals surface area contributed by atoms with Crippen molar-refractivity contribution >= 4 is 34.1 Å². The average molecular weight is 332 g/mol. The number of fused-ring (bicyclic) bond motifs is 1. The molecule has 3 nitrogen and oxygen atoms in total. The summed E-state index contributed by atoms with van der Waals surface area (Å²) in [5.41, 5.74) is 2.40. The Labute approximate surface area is 145 Å². The highest BCUT2D eigenvalue weighted by Crippen LogP contribution is 2.19. The highest BCUT2D eigenvalue weighted by atomic mass is 32.2. The number of anilines is 1. The minimum atomic E-state index is -0.0594. The van der Waals surface area contributed by atoms with E-state index in [2.05, 4.69) is 41.7 Å². The number of thioether (sulfide) groups is 1. The van der Waals surface area contributed by atoms with Gasteiger partial charge in [-0.05, 0) is 34.5 Å². The molecule has 0 fully saturated rings. The Bertz CT molecular complexity index is 915. The highest BCUT2D eigenvalue weighted by Gasteiger charge is 2.04. The molecule has 4 heteroatoms. The van der Waals surface area contributed by atoms with E-state index in [4.69, 9.17) is 5.26 Å². The first kappa shape index (κ1) is 16.1. The second-order valence-electron chi connectivity index (χ2n) is 5.42. The van der Waals surface area contributed by atoms with Crippen molar-refractivity contribution in [3.05, 3.63) is 77.9 Å². The van der Waals surface area contributed by atoms with Gasteiger partial charge in [-0.1, -0.05) is 48.5 Å². The third kappa shape index (κ3) is 4.15. The van der Waals surface area contributed by atoms with Crippen LogP contribution in [0.5, 0.6) is 0 Å². The number of hydrogen-bond acceptors (Lipinski definition) is 3. The first-order chi connectivity index (χ1) is 11.7. The smallest absolute Gasteiger partial charge is 0.234 e. The molecule has 3 rings (SSSR count). The van der Waals surface area contributed by atoms with Crippen molar-refractivity contribution in [3.8, 4) is 6.07 Å². The summed E-state index contributed by atoms with van der Waals surface area (Å²) in [7, 11) is 0. The number of benzene rings is 3. The van der Waals surface area contributed by atoms with Crippen molar-refractivity contribution in [2.75, 3.05) is 11.1 Å². The third-order valence-corrected chi connectivity index (χ3v) is 4.59. The lowest BCUT2D eigenvalue weighted by molar-refractivity contribution is -0.113. The van der Waals surface area contributed by atoms with Crippen LogP contribution in [-0.2, 0) is 10.5 Å². The second-order valence-corrected chi connectivity index (χ2v) is 6.40. The maximum absolute atomic E-state index is 12.0. The lowest BCUT2D eigenvalue weighted by Crippen LogP contribution is -2.14. The quantitative estimate of drug-likeness (QED) is 0.744. The normalized spacial score (nSPS) is 10.3. The first-order valence-electron chi connectivity index (χ1n) is 7.60. The molecule has 0 aliphatic heterocycles. The molecule has 0 spiro atoms. The summed E-state index contributed by atoms with van der Waals surface area (Å²) < 4.78 is 0. The summed E-state index contributed by atoms with van der Waals surface area (Å²) >= 11 is 1.58. The molecule has 1 amide bonds. The largest absolute Gasteiger partial charge is 0.325 e. The van der Waals surface area contributed by atoms with E-state index in [0.29, 0.717) is 17.0 Å². The predicted molar refractivity (Wildman–Crippen MR) is 99.9 cm³/mol. The van der Waals surface area contributed by atoms with E-state index in [1.165, 1.54) is 16.3 Å². The number of nitrogens with zero attached hydrogens (tertiary/aromatic N) is 1. The SMILES string of the molecule is N#Cc1cccc(NC(=O)CSCc2ccc3ccccc3c2)c1. The Morgan fingerprint density at radius 3 is 2.67 bits per heavy atom. The lowest BCUT2D eigenvalue weighted by atomic mass is 10.1. The Hall–Kier alpha value is -2.77. The second kappa shape index (κ2) is 7.67. The molecule has 24 heavy (non-hydrogen) atoms. The Morgan fingerprint density at radius 1 is 1.00 bits per heavy atom. The number of hydrogen-bond donors (Lipinski definition) is 1. The zero-order valence-electron chi connectivity index (χ0n) is 13.0. The molecule has 0 bridgehead atoms. The fourth-order valence-corrected chi connectivity index (χ4v) is 3.23. The molecule has 0 aromatic heterocycles. The number of amides is 1. The Morgan fingerprint density at radius 2 is 1.83 bits per heavy atom. The van der Waals surface area contributed by atoms with E-state index in [9.17, 15) is 4.79 Å². The fourth-order valence-electron chi connectivity index (χ4n) is 2.45. The van der Waals surface area contributed by atoms with Crippen molar-refractivity contribution in [3.63, 3.8) is 0 Å². The summed E-state index contributed by atoms with van der Waals surface area (Å²) in [6.07, 6.45) is 0. The van der Waals surface area contributed by atoms with Gasteiger partial charge >= 0.3 is 0 Å². The molecule has 0 atom stereocenters. The van der Waals surface area contributed by atoms with Crippen LogP contribution in [0.15, 0.2) is 66.7 Å². The summed E-state index contributed by atoms with van der Waals surface area (Å²) in [5, 5.41) is 14.1. The van der Waals surface area contributed by atoms with E-state index in [0.717, 1.165) is 5.75 Å². The Kier molecular flexibility index (Phi) is 5.15. The van der Waals surface area contributed by atoms with Crippen LogP contribution >= 0.6 is 11.8 Å². The molecule has 0 radical (unpaired) electrons. The van der Waals surface area contributed by atoms with Crippen molar-refractivity contribution in [2.24, 2.45) is 0 Å². The molecule has 0 aliphatic carbocycles. The first-order valence-corrected chi connectivity index (χ1v) is 8.75. The van der Waals surface area contributed by atoms with Crippen LogP contribution in [0.1, 0.15) is 11.1 Å². The van der Waals surface area contributed by atoms with Crippen LogP contribution in [0.2, 0.25) is 0 Å². The van der Waals surface area contributed by atoms with Crippen LogP contribution in [0.25, 0.3) is 10.8 Å². The number of nitrogens with one attached hydrogen (secondary N) is 1. The van der Waals surface area contributed by atoms with E-state index in [1.807, 2.05) is 12.1 Å². The number of rotatable bonds is 5. The van der Waals surface area contributed by atoms with E-state index < -0.39 is 0 Å². The van der Waals surface area contributed by atoms with Gasteiger partial charge in [0.15, 0.2) is 0 Å². The summed E-state index contributed by atoms with van der Waals surface area (Å²) in [6, 6.07) is 23.6. The molecule has 0 saturated heterocycles. The van der Waals surface area contributed by atoms with Gasteiger partial charge in [0.1, 0.15) is 0 Å². The molecule has 0 heterocycles. The van der Waals surface area contributed by atoms with Crippen LogP contribution < -0.4 is 5.32 Å². The summed E-state index contributed by atoms with van der Waals surface area (Å²) in [5.74, 6) is 1.11. The highest BCUT2D eigenvalue weighted by molar-refractivity contribution is 7.99. The van der Waals surface area contributed by atoms with Gasteiger partial charge in [-0.2, -0.15) is 5.26 Å². The van der Waals surface area contributed by atoms with E-state index >= 15 is 0 Å². The zero-order valence-corrected chi connectivity index (χ0v) is 13.8. The lowest BCUT2D eigenvalue weighted by Gasteiger charge is -2.06. The van der Waals surface area contributed by atoms with Gasteiger partial charge < -0.3 is 5.32 Å². The molecular formula is C20H16N2OS. The minimum absolute atomic E-state index is 0.0594. The van der Waals surface area contributed by atoms with Gasteiger partial charge in [0.25, 0.3) is 0 Å². The van der Waals surface area contributed by atoms with Crippen LogP contribution in [0, 0.1) is 11.3 Å². The number of nitriles is 1.